The van der Waals surface area contributed by atoms with Gasteiger partial charge in [-0.2, -0.15) is 0 Å². The molecule has 1 aliphatic rings. The second kappa shape index (κ2) is 10.5. The Bertz CT molecular complexity index is 845. The number of anilines is 1. The molecule has 1 amide bonds. The molecule has 1 unspecified atom stereocenters. The molecule has 0 radical (unpaired) electrons. The molecule has 1 aliphatic heterocycles. The van der Waals surface area contributed by atoms with Crippen LogP contribution in [-0.2, 0) is 6.54 Å². The van der Waals surface area contributed by atoms with Crippen molar-refractivity contribution in [1.29, 1.82) is 0 Å². The molecule has 8 heteroatoms. The van der Waals surface area contributed by atoms with Crippen molar-refractivity contribution in [1.82, 2.24) is 10.6 Å². The molecule has 0 aliphatic carbocycles. The first-order chi connectivity index (χ1) is 13.0. The first kappa shape index (κ1) is 22.3. The number of carbonyl (C=O) groups excluding carboxylic acids is 1. The Morgan fingerprint density at radius 3 is 2.79 bits per heavy atom. The molecule has 1 saturated heterocycles. The summed E-state index contributed by atoms with van der Waals surface area (Å²) in [6, 6.07) is 15.5. The number of nitrogens with zero attached hydrogens (tertiary/aromatic N) is 2. The van der Waals surface area contributed by atoms with Crippen molar-refractivity contribution < 1.29 is 4.79 Å². The van der Waals surface area contributed by atoms with Crippen LogP contribution in [0.3, 0.4) is 0 Å². The number of nitrogens with one attached hydrogen (secondary N) is 2. The van der Waals surface area contributed by atoms with Crippen LogP contribution in [0.15, 0.2) is 53.5 Å². The average Bonchev–Trinajstić information content (AvgIpc) is 3.14. The van der Waals surface area contributed by atoms with Crippen molar-refractivity contribution in [3.63, 3.8) is 0 Å². The lowest BCUT2D eigenvalue weighted by Gasteiger charge is -2.20. The van der Waals surface area contributed by atoms with Gasteiger partial charge in [-0.3, -0.25) is 9.79 Å². The molecule has 3 rings (SSSR count). The normalized spacial score (nSPS) is 16.4. The van der Waals surface area contributed by atoms with Crippen LogP contribution in [-0.4, -0.2) is 38.0 Å². The highest BCUT2D eigenvalue weighted by Gasteiger charge is 2.23. The lowest BCUT2D eigenvalue weighted by atomic mass is 10.1. The number of carbonyl (C=O) groups is 1. The fraction of sp³-hybridized carbons (Fsp3) is 0.300. The van der Waals surface area contributed by atoms with Gasteiger partial charge in [0.15, 0.2) is 5.96 Å². The highest BCUT2D eigenvalue weighted by atomic mass is 127. The van der Waals surface area contributed by atoms with Gasteiger partial charge in [-0.1, -0.05) is 29.8 Å². The fourth-order valence-corrected chi connectivity index (χ4v) is 3.38. The van der Waals surface area contributed by atoms with Crippen LogP contribution >= 0.6 is 35.6 Å². The molecule has 0 aromatic heterocycles. The van der Waals surface area contributed by atoms with Crippen molar-refractivity contribution in [2.45, 2.75) is 19.0 Å². The van der Waals surface area contributed by atoms with E-state index in [4.69, 9.17) is 17.3 Å². The van der Waals surface area contributed by atoms with Crippen molar-refractivity contribution in [2.24, 2.45) is 10.7 Å². The highest BCUT2D eigenvalue weighted by molar-refractivity contribution is 14.0. The summed E-state index contributed by atoms with van der Waals surface area (Å²) in [7, 11) is 1.75. The summed E-state index contributed by atoms with van der Waals surface area (Å²) in [5.41, 5.74) is 7.95. The highest BCUT2D eigenvalue weighted by Crippen LogP contribution is 2.23. The Morgan fingerprint density at radius 2 is 2.07 bits per heavy atom. The number of primary amides is 1. The predicted octanol–water partition coefficient (Wildman–Crippen LogP) is 3.00. The van der Waals surface area contributed by atoms with Crippen LogP contribution < -0.4 is 21.3 Å². The Balaban J connectivity index is 0.00000280. The Kier molecular flexibility index (Phi) is 8.37. The molecule has 0 spiro atoms. The zero-order chi connectivity index (χ0) is 19.2. The summed E-state index contributed by atoms with van der Waals surface area (Å²) >= 11 is 6.10. The molecular formula is C20H25ClIN5O. The quantitative estimate of drug-likeness (QED) is 0.326. The molecule has 6 nitrogen and oxygen atoms in total. The molecular weight excluding hydrogens is 489 g/mol. The lowest BCUT2D eigenvalue weighted by molar-refractivity contribution is 0.1000. The second-order valence-corrected chi connectivity index (χ2v) is 6.98. The third kappa shape index (κ3) is 6.00. The zero-order valence-corrected chi connectivity index (χ0v) is 18.8. The maximum atomic E-state index is 11.3. The Morgan fingerprint density at radius 1 is 1.29 bits per heavy atom. The van der Waals surface area contributed by atoms with E-state index in [1.807, 2.05) is 30.3 Å². The minimum atomic E-state index is -0.425. The van der Waals surface area contributed by atoms with E-state index in [0.717, 1.165) is 41.7 Å². The number of halogens is 2. The van der Waals surface area contributed by atoms with Crippen LogP contribution in [0.4, 0.5) is 5.69 Å². The smallest absolute Gasteiger partial charge is 0.248 e. The van der Waals surface area contributed by atoms with Gasteiger partial charge in [0.25, 0.3) is 0 Å². The van der Waals surface area contributed by atoms with Crippen LogP contribution in [0.5, 0.6) is 0 Å². The number of rotatable bonds is 5. The molecule has 150 valence electrons. The van der Waals surface area contributed by atoms with Gasteiger partial charge in [-0.05, 0) is 42.3 Å². The minimum Gasteiger partial charge on any atom is -0.369 e. The molecule has 0 saturated carbocycles. The van der Waals surface area contributed by atoms with Gasteiger partial charge < -0.3 is 21.3 Å². The maximum absolute atomic E-state index is 11.3. The SMILES string of the molecule is CN=C(NCc1cccc(C(N)=O)c1)NC1CCN(c2cccc(Cl)c2)C1.I. The van der Waals surface area contributed by atoms with E-state index in [2.05, 4.69) is 26.6 Å². The van der Waals surface area contributed by atoms with Crippen LogP contribution in [0, 0.1) is 0 Å². The van der Waals surface area contributed by atoms with E-state index in [-0.39, 0.29) is 24.0 Å². The van der Waals surface area contributed by atoms with Crippen molar-refractivity contribution in [3.8, 4) is 0 Å². The molecule has 2 aromatic carbocycles. The number of guanidine groups is 1. The lowest BCUT2D eigenvalue weighted by Crippen LogP contribution is -2.44. The topological polar surface area (TPSA) is 82.7 Å². The number of aliphatic imine (C=N–C) groups is 1. The standard InChI is InChI=1S/C20H24ClN5O.HI/c1-23-20(24-12-14-4-2-5-15(10-14)19(22)27)25-17-8-9-26(13-17)18-7-3-6-16(21)11-18;/h2-7,10-11,17H,8-9,12-13H2,1H3,(H2,22,27)(H2,23,24,25);1H. The van der Waals surface area contributed by atoms with E-state index in [1.165, 1.54) is 0 Å². The van der Waals surface area contributed by atoms with Gasteiger partial charge in [-0.15, -0.1) is 24.0 Å². The number of benzene rings is 2. The van der Waals surface area contributed by atoms with Crippen molar-refractivity contribution >= 4 is 53.1 Å². The fourth-order valence-electron chi connectivity index (χ4n) is 3.19. The van der Waals surface area contributed by atoms with E-state index in [9.17, 15) is 4.79 Å². The van der Waals surface area contributed by atoms with Gasteiger partial charge in [0.1, 0.15) is 0 Å². The monoisotopic (exact) mass is 513 g/mol. The number of nitrogens with two attached hydrogens (primary N) is 1. The number of amides is 1. The van der Waals surface area contributed by atoms with Crippen molar-refractivity contribution in [2.75, 3.05) is 25.0 Å². The first-order valence-corrected chi connectivity index (χ1v) is 9.29. The van der Waals surface area contributed by atoms with E-state index in [0.29, 0.717) is 18.2 Å². The summed E-state index contributed by atoms with van der Waals surface area (Å²) in [6.07, 6.45) is 1.02. The molecule has 2 aromatic rings. The van der Waals surface area contributed by atoms with Crippen molar-refractivity contribution in [3.05, 3.63) is 64.7 Å². The van der Waals surface area contributed by atoms with Gasteiger partial charge >= 0.3 is 0 Å². The predicted molar refractivity (Wildman–Crippen MR) is 126 cm³/mol. The number of hydrogen-bond donors (Lipinski definition) is 3. The van der Waals surface area contributed by atoms with Gasteiger partial charge in [0, 0.05) is 49.0 Å². The minimum absolute atomic E-state index is 0. The third-order valence-corrected chi connectivity index (χ3v) is 4.83. The second-order valence-electron chi connectivity index (χ2n) is 6.55. The van der Waals surface area contributed by atoms with Gasteiger partial charge in [-0.25, -0.2) is 0 Å². The van der Waals surface area contributed by atoms with E-state index < -0.39 is 5.91 Å². The summed E-state index contributed by atoms with van der Waals surface area (Å²) in [5.74, 6) is 0.309. The average molecular weight is 514 g/mol. The maximum Gasteiger partial charge on any atom is 0.248 e. The van der Waals surface area contributed by atoms with E-state index in [1.54, 1.807) is 19.2 Å². The molecule has 1 fully saturated rings. The Hall–Kier alpha value is -2.00. The summed E-state index contributed by atoms with van der Waals surface area (Å²) < 4.78 is 0. The summed E-state index contributed by atoms with van der Waals surface area (Å²) in [5, 5.41) is 7.50. The molecule has 1 atom stereocenters. The van der Waals surface area contributed by atoms with Crippen LogP contribution in [0.1, 0.15) is 22.3 Å². The molecule has 4 N–H and O–H groups in total. The van der Waals surface area contributed by atoms with Crippen LogP contribution in [0.25, 0.3) is 0 Å². The molecule has 1 heterocycles. The first-order valence-electron chi connectivity index (χ1n) is 8.91. The number of hydrogen-bond acceptors (Lipinski definition) is 3. The molecule has 0 bridgehead atoms. The summed E-state index contributed by atoms with van der Waals surface area (Å²) in [4.78, 5) is 17.9. The third-order valence-electron chi connectivity index (χ3n) is 4.60. The van der Waals surface area contributed by atoms with Crippen LogP contribution in [0.2, 0.25) is 5.02 Å². The van der Waals surface area contributed by atoms with Gasteiger partial charge in [0.2, 0.25) is 5.91 Å². The van der Waals surface area contributed by atoms with Gasteiger partial charge in [0.05, 0.1) is 0 Å². The largest absolute Gasteiger partial charge is 0.369 e. The Labute approximate surface area is 187 Å². The molecule has 28 heavy (non-hydrogen) atoms. The zero-order valence-electron chi connectivity index (χ0n) is 15.7. The summed E-state index contributed by atoms with van der Waals surface area (Å²) in [6.45, 7) is 2.42. The van der Waals surface area contributed by atoms with E-state index >= 15 is 0 Å².